The van der Waals surface area contributed by atoms with Crippen molar-refractivity contribution in [1.82, 2.24) is 5.32 Å². The SMILES string of the molecule is COCCOCCNC(=O)C1O[C@@H](OCCO[C@@H]2C(C(=O)OCc3ccc(O)cc3)O[C@@H](OC(C)C)[C@@H](O)[C@H]2O)[C@@H](O)[C@@H](O)[C@@H]1OC(C)C. The van der Waals surface area contributed by atoms with Gasteiger partial charge in [-0.25, -0.2) is 4.79 Å². The molecule has 0 saturated carbocycles. The van der Waals surface area contributed by atoms with E-state index in [-0.39, 0.29) is 38.7 Å². The second-order valence-corrected chi connectivity index (χ2v) is 12.0. The number of amides is 1. The number of rotatable bonds is 19. The van der Waals surface area contributed by atoms with Crippen LogP contribution in [0, 0.1) is 0 Å². The van der Waals surface area contributed by atoms with E-state index in [0.29, 0.717) is 18.8 Å². The van der Waals surface area contributed by atoms with Gasteiger partial charge in [0.1, 0.15) is 49.0 Å². The molecule has 3 rings (SSSR count). The molecule has 10 atom stereocenters. The van der Waals surface area contributed by atoms with Gasteiger partial charge in [-0.3, -0.25) is 4.79 Å². The highest BCUT2D eigenvalue weighted by atomic mass is 16.7. The fraction of sp³-hybridized carbons (Fsp3) is 0.750. The van der Waals surface area contributed by atoms with E-state index < -0.39 is 85.5 Å². The highest BCUT2D eigenvalue weighted by Crippen LogP contribution is 2.28. The summed E-state index contributed by atoms with van der Waals surface area (Å²) in [5.41, 5.74) is 0.569. The summed E-state index contributed by atoms with van der Waals surface area (Å²) in [7, 11) is 1.54. The lowest BCUT2D eigenvalue weighted by molar-refractivity contribution is -0.315. The number of benzene rings is 1. The molecule has 0 bridgehead atoms. The minimum absolute atomic E-state index is 0.0369. The van der Waals surface area contributed by atoms with E-state index in [4.69, 9.17) is 42.6 Å². The first-order chi connectivity index (χ1) is 23.3. The Morgan fingerprint density at radius 1 is 0.755 bits per heavy atom. The normalized spacial score (nSPS) is 30.4. The number of phenols is 1. The summed E-state index contributed by atoms with van der Waals surface area (Å²) >= 11 is 0. The van der Waals surface area contributed by atoms with Crippen molar-refractivity contribution in [3.05, 3.63) is 29.8 Å². The predicted octanol–water partition coefficient (Wildman–Crippen LogP) is -1.27. The highest BCUT2D eigenvalue weighted by Gasteiger charge is 2.51. The van der Waals surface area contributed by atoms with Crippen LogP contribution in [0.25, 0.3) is 0 Å². The molecule has 2 heterocycles. The van der Waals surface area contributed by atoms with Crippen molar-refractivity contribution in [2.45, 2.75) is 108 Å². The maximum absolute atomic E-state index is 13.1. The average Bonchev–Trinajstić information content (AvgIpc) is 3.06. The Bertz CT molecular complexity index is 1120. The van der Waals surface area contributed by atoms with Crippen LogP contribution in [0.5, 0.6) is 5.75 Å². The molecule has 2 fully saturated rings. The largest absolute Gasteiger partial charge is 0.508 e. The third-order valence-corrected chi connectivity index (χ3v) is 7.39. The van der Waals surface area contributed by atoms with Crippen molar-refractivity contribution in [3.63, 3.8) is 0 Å². The highest BCUT2D eigenvalue weighted by molar-refractivity contribution is 5.81. The molecular weight excluding hydrogens is 654 g/mol. The molecule has 17 nitrogen and oxygen atoms in total. The van der Waals surface area contributed by atoms with Gasteiger partial charge in [-0.2, -0.15) is 0 Å². The number of aromatic hydroxyl groups is 1. The summed E-state index contributed by atoms with van der Waals surface area (Å²) in [6, 6.07) is 5.97. The molecule has 2 saturated heterocycles. The van der Waals surface area contributed by atoms with Gasteiger partial charge in [0.05, 0.1) is 45.2 Å². The Morgan fingerprint density at radius 2 is 1.37 bits per heavy atom. The summed E-state index contributed by atoms with van der Waals surface area (Å²) < 4.78 is 49.7. The van der Waals surface area contributed by atoms with Gasteiger partial charge in [0, 0.05) is 13.7 Å². The van der Waals surface area contributed by atoms with Gasteiger partial charge >= 0.3 is 5.97 Å². The number of hydrogen-bond acceptors (Lipinski definition) is 16. The monoisotopic (exact) mass is 705 g/mol. The Kier molecular flexibility index (Phi) is 17.0. The van der Waals surface area contributed by atoms with Gasteiger partial charge in [0.15, 0.2) is 24.8 Å². The van der Waals surface area contributed by atoms with E-state index in [9.17, 15) is 35.1 Å². The standard InChI is InChI=1S/C32H51NO16/c1-17(2)46-26-22(36)23(37)31(48-27(26)29(39)33-10-11-42-13-12-41-5)44-15-14-43-25-21(35)24(38)32(47-18(3)4)49-28(25)30(40)45-16-19-6-8-20(34)9-7-19/h6-9,17-18,21-28,31-32,34-38H,10-16H2,1-5H3,(H,33,39)/t21-,22-,23+,24+,25+,26+,27?,28?,31-,32-/m1/s1. The molecule has 0 radical (unpaired) electrons. The van der Waals surface area contributed by atoms with Gasteiger partial charge in [0.2, 0.25) is 0 Å². The number of methoxy groups -OCH3 is 1. The zero-order valence-corrected chi connectivity index (χ0v) is 28.4. The minimum atomic E-state index is -1.65. The van der Waals surface area contributed by atoms with Gasteiger partial charge in [-0.1, -0.05) is 12.1 Å². The fourth-order valence-corrected chi connectivity index (χ4v) is 5.01. The van der Waals surface area contributed by atoms with E-state index in [0.717, 1.165) is 0 Å². The fourth-order valence-electron chi connectivity index (χ4n) is 5.01. The van der Waals surface area contributed by atoms with Crippen LogP contribution in [0.4, 0.5) is 0 Å². The second-order valence-electron chi connectivity index (χ2n) is 12.0. The van der Waals surface area contributed by atoms with Crippen LogP contribution in [0.1, 0.15) is 33.3 Å². The maximum Gasteiger partial charge on any atom is 0.338 e. The minimum Gasteiger partial charge on any atom is -0.508 e. The number of esters is 1. The molecule has 2 unspecified atom stereocenters. The number of ether oxygens (including phenoxy) is 9. The molecule has 280 valence electrons. The van der Waals surface area contributed by atoms with Crippen molar-refractivity contribution in [2.75, 3.05) is 46.7 Å². The van der Waals surface area contributed by atoms with E-state index in [1.54, 1.807) is 39.8 Å². The number of carbonyl (C=O) groups is 2. The Balaban J connectivity index is 1.62. The van der Waals surface area contributed by atoms with Crippen molar-refractivity contribution < 1.29 is 77.8 Å². The number of aliphatic hydroxyl groups excluding tert-OH is 4. The van der Waals surface area contributed by atoms with Gasteiger partial charge < -0.3 is 73.5 Å². The third-order valence-electron chi connectivity index (χ3n) is 7.39. The lowest BCUT2D eigenvalue weighted by atomic mass is 9.97. The molecule has 0 aliphatic carbocycles. The van der Waals surface area contributed by atoms with Crippen molar-refractivity contribution in [2.24, 2.45) is 0 Å². The summed E-state index contributed by atoms with van der Waals surface area (Å²) in [6.07, 6.45) is -15.7. The number of aliphatic hydroxyl groups is 4. The van der Waals surface area contributed by atoms with Crippen LogP contribution in [0.2, 0.25) is 0 Å². The lowest BCUT2D eigenvalue weighted by Crippen LogP contribution is -2.63. The molecule has 1 aromatic carbocycles. The van der Waals surface area contributed by atoms with Crippen LogP contribution in [0.15, 0.2) is 24.3 Å². The molecule has 1 amide bonds. The summed E-state index contributed by atoms with van der Waals surface area (Å²) in [6.45, 7) is 7.01. The van der Waals surface area contributed by atoms with Crippen molar-refractivity contribution in [3.8, 4) is 5.75 Å². The summed E-state index contributed by atoms with van der Waals surface area (Å²) in [5, 5.41) is 55.4. The molecule has 1 aromatic rings. The summed E-state index contributed by atoms with van der Waals surface area (Å²) in [5.74, 6) is -1.50. The molecule has 49 heavy (non-hydrogen) atoms. The Labute approximate surface area is 285 Å². The topological polar surface area (TPSA) is 230 Å². The lowest BCUT2D eigenvalue weighted by Gasteiger charge is -2.42. The second kappa shape index (κ2) is 20.4. The Morgan fingerprint density at radius 3 is 2.02 bits per heavy atom. The van der Waals surface area contributed by atoms with E-state index in [1.165, 1.54) is 19.2 Å². The molecule has 2 aliphatic rings. The molecule has 2 aliphatic heterocycles. The van der Waals surface area contributed by atoms with Crippen LogP contribution in [-0.4, -0.2) is 158 Å². The first kappa shape index (κ1) is 40.9. The number of carbonyl (C=O) groups excluding carboxylic acids is 2. The average molecular weight is 706 g/mol. The number of nitrogens with one attached hydrogen (secondary N) is 1. The summed E-state index contributed by atoms with van der Waals surface area (Å²) in [4.78, 5) is 26.2. The van der Waals surface area contributed by atoms with Crippen molar-refractivity contribution >= 4 is 11.9 Å². The van der Waals surface area contributed by atoms with Crippen molar-refractivity contribution in [1.29, 1.82) is 0 Å². The van der Waals surface area contributed by atoms with E-state index >= 15 is 0 Å². The van der Waals surface area contributed by atoms with Gasteiger partial charge in [0.25, 0.3) is 5.91 Å². The van der Waals surface area contributed by atoms with E-state index in [1.807, 2.05) is 0 Å². The molecule has 0 aromatic heterocycles. The molecule has 0 spiro atoms. The maximum atomic E-state index is 13.1. The quantitative estimate of drug-likeness (QED) is 0.0728. The molecule has 17 heteroatoms. The predicted molar refractivity (Wildman–Crippen MR) is 167 cm³/mol. The number of hydrogen-bond donors (Lipinski definition) is 6. The van der Waals surface area contributed by atoms with E-state index in [2.05, 4.69) is 5.32 Å². The first-order valence-corrected chi connectivity index (χ1v) is 16.2. The van der Waals surface area contributed by atoms with Crippen LogP contribution in [-0.2, 0) is 58.8 Å². The van der Waals surface area contributed by atoms with Crippen LogP contribution >= 0.6 is 0 Å². The zero-order chi connectivity index (χ0) is 36.1. The van der Waals surface area contributed by atoms with Crippen LogP contribution < -0.4 is 5.32 Å². The first-order valence-electron chi connectivity index (χ1n) is 16.2. The van der Waals surface area contributed by atoms with Gasteiger partial charge in [-0.15, -0.1) is 0 Å². The molecule has 6 N–H and O–H groups in total. The van der Waals surface area contributed by atoms with Crippen LogP contribution in [0.3, 0.4) is 0 Å². The Hall–Kier alpha value is -2.52. The third kappa shape index (κ3) is 12.3. The smallest absolute Gasteiger partial charge is 0.338 e. The zero-order valence-electron chi connectivity index (χ0n) is 28.4. The number of phenolic OH excluding ortho intramolecular Hbond substituents is 1. The van der Waals surface area contributed by atoms with Gasteiger partial charge in [-0.05, 0) is 45.4 Å². The molecular formula is C32H51NO16.